The Morgan fingerprint density at radius 2 is 1.79 bits per heavy atom. The van der Waals surface area contributed by atoms with Crippen molar-refractivity contribution in [1.29, 1.82) is 0 Å². The molecule has 0 unspecified atom stereocenters. The van der Waals surface area contributed by atoms with E-state index in [4.69, 9.17) is 21.6 Å². The van der Waals surface area contributed by atoms with Crippen LogP contribution in [0.1, 0.15) is 24.5 Å². The Kier molecular flexibility index (Phi) is 4.69. The summed E-state index contributed by atoms with van der Waals surface area (Å²) in [6.07, 6.45) is 3.22. The van der Waals surface area contributed by atoms with Crippen LogP contribution in [0, 0.1) is 0 Å². The highest BCUT2D eigenvalue weighted by Gasteiger charge is 2.21. The van der Waals surface area contributed by atoms with Gasteiger partial charge in [0.15, 0.2) is 0 Å². The minimum Gasteiger partial charge on any atom is -0.310 e. The normalized spacial score (nSPS) is 13.5. The second-order valence-electron chi connectivity index (χ2n) is 7.47. The van der Waals surface area contributed by atoms with Gasteiger partial charge in [0.2, 0.25) is 5.95 Å². The first-order valence-corrected chi connectivity index (χ1v) is 10.5. The molecule has 0 fully saturated rings. The molecular formula is C25H22ClN3. The van der Waals surface area contributed by atoms with Crippen molar-refractivity contribution < 1.29 is 0 Å². The first kappa shape index (κ1) is 18.1. The van der Waals surface area contributed by atoms with Crippen molar-refractivity contribution in [2.45, 2.75) is 26.2 Å². The molecule has 0 saturated carbocycles. The Hall–Kier alpha value is -2.91. The van der Waals surface area contributed by atoms with Crippen molar-refractivity contribution in [3.8, 4) is 11.3 Å². The minimum absolute atomic E-state index is 0.698. The molecule has 1 aliphatic rings. The average molecular weight is 400 g/mol. The third kappa shape index (κ3) is 3.36. The fraction of sp³-hybridized carbons (Fsp3) is 0.200. The Bertz CT molecular complexity index is 1180. The van der Waals surface area contributed by atoms with E-state index in [2.05, 4.69) is 60.4 Å². The number of anilines is 2. The number of aryl methyl sites for hydroxylation is 2. The zero-order chi connectivity index (χ0) is 19.8. The van der Waals surface area contributed by atoms with Crippen molar-refractivity contribution in [2.75, 3.05) is 11.4 Å². The van der Waals surface area contributed by atoms with Gasteiger partial charge < -0.3 is 4.90 Å². The number of hydrogen-bond donors (Lipinski definition) is 0. The van der Waals surface area contributed by atoms with Gasteiger partial charge in [-0.15, -0.1) is 0 Å². The van der Waals surface area contributed by atoms with E-state index in [1.54, 1.807) is 0 Å². The molecule has 0 N–H and O–H groups in total. The van der Waals surface area contributed by atoms with Gasteiger partial charge in [-0.05, 0) is 54.7 Å². The fourth-order valence-electron chi connectivity index (χ4n) is 4.07. The van der Waals surface area contributed by atoms with Crippen LogP contribution in [-0.2, 0) is 12.8 Å². The lowest BCUT2D eigenvalue weighted by molar-refractivity contribution is 0.752. The first-order valence-electron chi connectivity index (χ1n) is 10.1. The van der Waals surface area contributed by atoms with E-state index in [1.165, 1.54) is 16.8 Å². The van der Waals surface area contributed by atoms with E-state index in [1.807, 2.05) is 18.2 Å². The molecule has 4 aromatic rings. The summed E-state index contributed by atoms with van der Waals surface area (Å²) in [5, 5.41) is 1.68. The lowest BCUT2D eigenvalue weighted by Crippen LogP contribution is -2.26. The number of para-hydroxylation sites is 1. The van der Waals surface area contributed by atoms with Crippen molar-refractivity contribution in [3.63, 3.8) is 0 Å². The second kappa shape index (κ2) is 7.49. The third-order valence-electron chi connectivity index (χ3n) is 5.63. The van der Waals surface area contributed by atoms with Gasteiger partial charge in [0, 0.05) is 28.2 Å². The maximum absolute atomic E-state index is 6.32. The van der Waals surface area contributed by atoms with E-state index in [0.717, 1.165) is 53.9 Å². The second-order valence-corrected chi connectivity index (χ2v) is 7.90. The molecule has 1 aromatic heterocycles. The lowest BCUT2D eigenvalue weighted by Gasteiger charge is -2.30. The molecule has 0 amide bonds. The van der Waals surface area contributed by atoms with Gasteiger partial charge in [-0.25, -0.2) is 9.97 Å². The van der Waals surface area contributed by atoms with Gasteiger partial charge in [0.05, 0.1) is 11.2 Å². The van der Waals surface area contributed by atoms with Gasteiger partial charge in [-0.2, -0.15) is 0 Å². The van der Waals surface area contributed by atoms with E-state index in [0.29, 0.717) is 5.02 Å². The summed E-state index contributed by atoms with van der Waals surface area (Å²) in [7, 11) is 0. The molecule has 0 saturated heterocycles. The van der Waals surface area contributed by atoms with E-state index >= 15 is 0 Å². The molecule has 0 aliphatic carbocycles. The zero-order valence-electron chi connectivity index (χ0n) is 16.4. The molecular weight excluding hydrogens is 378 g/mol. The first-order chi connectivity index (χ1) is 14.2. The standard InChI is InChI=1S/C25H22ClN3/c1-2-17-9-11-19(12-10-17)24-21-16-20(26)13-14-22(21)27-25(28-24)29-15-5-7-18-6-3-4-8-23(18)29/h3-4,6,8-14,16H,2,5,7,15H2,1H3. The van der Waals surface area contributed by atoms with Crippen LogP contribution < -0.4 is 4.90 Å². The number of nitrogens with zero attached hydrogens (tertiary/aromatic N) is 3. The summed E-state index contributed by atoms with van der Waals surface area (Å²) in [6.45, 7) is 3.09. The van der Waals surface area contributed by atoms with Gasteiger partial charge in [0.25, 0.3) is 0 Å². The number of fused-ring (bicyclic) bond motifs is 2. The molecule has 0 radical (unpaired) electrons. The van der Waals surface area contributed by atoms with Crippen molar-refractivity contribution >= 4 is 34.1 Å². The zero-order valence-corrected chi connectivity index (χ0v) is 17.2. The molecule has 0 atom stereocenters. The lowest BCUT2D eigenvalue weighted by atomic mass is 10.0. The number of halogens is 1. The fourth-order valence-corrected chi connectivity index (χ4v) is 4.24. The van der Waals surface area contributed by atoms with E-state index < -0.39 is 0 Å². The highest BCUT2D eigenvalue weighted by molar-refractivity contribution is 6.31. The average Bonchev–Trinajstić information content (AvgIpc) is 2.78. The molecule has 144 valence electrons. The highest BCUT2D eigenvalue weighted by atomic mass is 35.5. The van der Waals surface area contributed by atoms with Crippen LogP contribution in [0.25, 0.3) is 22.2 Å². The summed E-state index contributed by atoms with van der Waals surface area (Å²) >= 11 is 6.32. The maximum atomic E-state index is 6.32. The summed E-state index contributed by atoms with van der Waals surface area (Å²) in [5.41, 5.74) is 6.81. The summed E-state index contributed by atoms with van der Waals surface area (Å²) in [4.78, 5) is 12.2. The Morgan fingerprint density at radius 1 is 0.966 bits per heavy atom. The molecule has 5 rings (SSSR count). The summed E-state index contributed by atoms with van der Waals surface area (Å²) in [5.74, 6) is 0.751. The van der Waals surface area contributed by atoms with E-state index in [9.17, 15) is 0 Å². The van der Waals surface area contributed by atoms with Crippen LogP contribution in [0.4, 0.5) is 11.6 Å². The van der Waals surface area contributed by atoms with Crippen molar-refractivity contribution in [1.82, 2.24) is 9.97 Å². The minimum atomic E-state index is 0.698. The topological polar surface area (TPSA) is 29.0 Å². The van der Waals surface area contributed by atoms with Gasteiger partial charge in [-0.3, -0.25) is 0 Å². The van der Waals surface area contributed by atoms with Gasteiger partial charge in [0.1, 0.15) is 0 Å². The Labute approximate surface area is 176 Å². The quantitative estimate of drug-likeness (QED) is 0.388. The smallest absolute Gasteiger partial charge is 0.231 e. The maximum Gasteiger partial charge on any atom is 0.231 e. The molecule has 2 heterocycles. The molecule has 0 spiro atoms. The van der Waals surface area contributed by atoms with Crippen LogP contribution in [0.3, 0.4) is 0 Å². The predicted molar refractivity (Wildman–Crippen MR) is 121 cm³/mol. The Morgan fingerprint density at radius 3 is 2.62 bits per heavy atom. The molecule has 4 heteroatoms. The Balaban J connectivity index is 1.71. The molecule has 0 bridgehead atoms. The predicted octanol–water partition coefficient (Wildman–Crippen LogP) is 6.60. The molecule has 3 aromatic carbocycles. The van der Waals surface area contributed by atoms with Crippen LogP contribution in [0.5, 0.6) is 0 Å². The van der Waals surface area contributed by atoms with Gasteiger partial charge in [-0.1, -0.05) is 61.0 Å². The van der Waals surface area contributed by atoms with Crippen LogP contribution in [0.2, 0.25) is 5.02 Å². The van der Waals surface area contributed by atoms with Crippen molar-refractivity contribution in [2.24, 2.45) is 0 Å². The number of benzene rings is 3. The monoisotopic (exact) mass is 399 g/mol. The SMILES string of the molecule is CCc1ccc(-c2nc(N3CCCc4ccccc43)nc3ccc(Cl)cc23)cc1. The van der Waals surface area contributed by atoms with Crippen LogP contribution in [0.15, 0.2) is 66.7 Å². The van der Waals surface area contributed by atoms with Gasteiger partial charge >= 0.3 is 0 Å². The highest BCUT2D eigenvalue weighted by Crippen LogP contribution is 2.35. The number of rotatable bonds is 3. The number of aromatic nitrogens is 2. The van der Waals surface area contributed by atoms with Crippen LogP contribution in [-0.4, -0.2) is 16.5 Å². The summed E-state index contributed by atoms with van der Waals surface area (Å²) < 4.78 is 0. The van der Waals surface area contributed by atoms with Crippen molar-refractivity contribution in [3.05, 3.63) is 82.9 Å². The van der Waals surface area contributed by atoms with E-state index in [-0.39, 0.29) is 0 Å². The molecule has 1 aliphatic heterocycles. The third-order valence-corrected chi connectivity index (χ3v) is 5.87. The largest absolute Gasteiger partial charge is 0.310 e. The summed E-state index contributed by atoms with van der Waals surface area (Å²) in [6, 6.07) is 23.0. The number of hydrogen-bond acceptors (Lipinski definition) is 3. The molecule has 29 heavy (non-hydrogen) atoms. The van der Waals surface area contributed by atoms with Crippen LogP contribution >= 0.6 is 11.6 Å². The molecule has 3 nitrogen and oxygen atoms in total.